The van der Waals surface area contributed by atoms with E-state index in [1.807, 2.05) is 0 Å². The lowest BCUT2D eigenvalue weighted by Crippen LogP contribution is -2.22. The molecule has 2 rings (SSSR count). The first-order valence-electron chi connectivity index (χ1n) is 5.92. The number of ether oxygens (including phenoxy) is 1. The Morgan fingerprint density at radius 1 is 1.44 bits per heavy atom. The Hall–Kier alpha value is -1.33. The number of hydrogen-bond donors (Lipinski definition) is 1. The van der Waals surface area contributed by atoms with Gasteiger partial charge in [-0.2, -0.15) is 0 Å². The molecule has 1 aromatic rings. The lowest BCUT2D eigenvalue weighted by atomic mass is 10.0. The molecule has 0 bridgehead atoms. The predicted molar refractivity (Wildman–Crippen MR) is 70.1 cm³/mol. The van der Waals surface area contributed by atoms with Crippen LogP contribution in [0.4, 0.5) is 11.4 Å². The second-order valence-electron chi connectivity index (χ2n) is 4.36. The number of benzene rings is 1. The van der Waals surface area contributed by atoms with Gasteiger partial charge in [-0.3, -0.25) is 10.1 Å². The summed E-state index contributed by atoms with van der Waals surface area (Å²) < 4.78 is 5.28. The molecule has 1 aliphatic rings. The highest BCUT2D eigenvalue weighted by Gasteiger charge is 2.15. The third-order valence-electron chi connectivity index (χ3n) is 3.08. The van der Waals surface area contributed by atoms with E-state index in [0.29, 0.717) is 5.92 Å². The van der Waals surface area contributed by atoms with Crippen LogP contribution in [0.5, 0.6) is 0 Å². The summed E-state index contributed by atoms with van der Waals surface area (Å²) >= 11 is 5.75. The van der Waals surface area contributed by atoms with E-state index in [9.17, 15) is 10.1 Å². The van der Waals surface area contributed by atoms with Crippen LogP contribution in [0.25, 0.3) is 0 Å². The summed E-state index contributed by atoms with van der Waals surface area (Å²) in [5.74, 6) is 0.563. The van der Waals surface area contributed by atoms with Crippen molar-refractivity contribution in [2.45, 2.75) is 12.8 Å². The molecule has 1 heterocycles. The molecule has 0 atom stereocenters. The van der Waals surface area contributed by atoms with Gasteiger partial charge in [-0.25, -0.2) is 0 Å². The Bertz CT molecular complexity index is 433. The van der Waals surface area contributed by atoms with E-state index >= 15 is 0 Å². The van der Waals surface area contributed by atoms with Crippen molar-refractivity contribution in [3.8, 4) is 0 Å². The molecule has 98 valence electrons. The van der Waals surface area contributed by atoms with Gasteiger partial charge in [0, 0.05) is 31.5 Å². The van der Waals surface area contributed by atoms with Gasteiger partial charge in [0.15, 0.2) is 0 Å². The van der Waals surface area contributed by atoms with Crippen molar-refractivity contribution in [3.05, 3.63) is 33.3 Å². The Morgan fingerprint density at radius 2 is 2.17 bits per heavy atom. The SMILES string of the molecule is O=[N+]([O-])c1cc(NCC2CCOCC2)ccc1Cl. The zero-order valence-corrected chi connectivity index (χ0v) is 10.7. The summed E-state index contributed by atoms with van der Waals surface area (Å²) in [4.78, 5) is 10.3. The van der Waals surface area contributed by atoms with Crippen molar-refractivity contribution in [1.29, 1.82) is 0 Å². The smallest absolute Gasteiger partial charge is 0.289 e. The minimum Gasteiger partial charge on any atom is -0.385 e. The molecule has 1 N–H and O–H groups in total. The molecule has 0 unspecified atom stereocenters. The van der Waals surface area contributed by atoms with E-state index in [1.165, 1.54) is 6.07 Å². The molecule has 6 heteroatoms. The first-order valence-corrected chi connectivity index (χ1v) is 6.30. The maximum Gasteiger partial charge on any atom is 0.289 e. The third-order valence-corrected chi connectivity index (χ3v) is 3.40. The number of nitrogens with one attached hydrogen (secondary N) is 1. The third kappa shape index (κ3) is 3.34. The monoisotopic (exact) mass is 270 g/mol. The van der Waals surface area contributed by atoms with Crippen molar-refractivity contribution in [3.63, 3.8) is 0 Å². The van der Waals surface area contributed by atoms with Crippen LogP contribution in [0.2, 0.25) is 5.02 Å². The molecule has 1 aromatic carbocycles. The van der Waals surface area contributed by atoms with Gasteiger partial charge in [-0.15, -0.1) is 0 Å². The average Bonchev–Trinajstić information content (AvgIpc) is 2.38. The molecular weight excluding hydrogens is 256 g/mol. The van der Waals surface area contributed by atoms with Crippen molar-refractivity contribution in [1.82, 2.24) is 0 Å². The number of hydrogen-bond acceptors (Lipinski definition) is 4. The largest absolute Gasteiger partial charge is 0.385 e. The van der Waals surface area contributed by atoms with Gasteiger partial charge in [0.05, 0.1) is 4.92 Å². The van der Waals surface area contributed by atoms with E-state index in [-0.39, 0.29) is 10.7 Å². The van der Waals surface area contributed by atoms with Crippen LogP contribution in [-0.2, 0) is 4.74 Å². The van der Waals surface area contributed by atoms with Crippen molar-refractivity contribution < 1.29 is 9.66 Å². The summed E-state index contributed by atoms with van der Waals surface area (Å²) in [6.07, 6.45) is 2.06. The minimum absolute atomic E-state index is 0.0614. The molecule has 0 aliphatic carbocycles. The molecule has 18 heavy (non-hydrogen) atoms. The van der Waals surface area contributed by atoms with Crippen LogP contribution in [0.1, 0.15) is 12.8 Å². The molecule has 0 aromatic heterocycles. The fourth-order valence-electron chi connectivity index (χ4n) is 1.98. The first kappa shape index (κ1) is 13.1. The summed E-state index contributed by atoms with van der Waals surface area (Å²) in [6, 6.07) is 4.78. The zero-order valence-electron chi connectivity index (χ0n) is 9.89. The van der Waals surface area contributed by atoms with E-state index in [4.69, 9.17) is 16.3 Å². The van der Waals surface area contributed by atoms with Crippen molar-refractivity contribution in [2.75, 3.05) is 25.1 Å². The molecule has 0 saturated carbocycles. The predicted octanol–water partition coefficient (Wildman–Crippen LogP) is 3.09. The molecule has 1 saturated heterocycles. The second-order valence-corrected chi connectivity index (χ2v) is 4.77. The molecule has 0 spiro atoms. The zero-order chi connectivity index (χ0) is 13.0. The topological polar surface area (TPSA) is 64.4 Å². The quantitative estimate of drug-likeness (QED) is 0.674. The van der Waals surface area contributed by atoms with Crippen LogP contribution in [0, 0.1) is 16.0 Å². The summed E-state index contributed by atoms with van der Waals surface area (Å²) in [5, 5.41) is 14.1. The lowest BCUT2D eigenvalue weighted by molar-refractivity contribution is -0.384. The molecule has 0 radical (unpaired) electrons. The second kappa shape index (κ2) is 6.02. The van der Waals surface area contributed by atoms with Gasteiger partial charge in [0.25, 0.3) is 5.69 Å². The van der Waals surface area contributed by atoms with Gasteiger partial charge in [-0.05, 0) is 30.9 Å². The van der Waals surface area contributed by atoms with Gasteiger partial charge in [0.2, 0.25) is 0 Å². The standard InChI is InChI=1S/C12H15ClN2O3/c13-11-2-1-10(7-12(11)15(16)17)14-8-9-3-5-18-6-4-9/h1-2,7,9,14H,3-6,8H2. The maximum atomic E-state index is 10.8. The fourth-order valence-corrected chi connectivity index (χ4v) is 2.16. The number of rotatable bonds is 4. The van der Waals surface area contributed by atoms with Crippen LogP contribution in [0.3, 0.4) is 0 Å². The maximum absolute atomic E-state index is 10.8. The number of anilines is 1. The molecule has 1 aliphatic heterocycles. The normalized spacial score (nSPS) is 16.5. The highest BCUT2D eigenvalue weighted by molar-refractivity contribution is 6.32. The Balaban J connectivity index is 1.96. The molecule has 5 nitrogen and oxygen atoms in total. The first-order chi connectivity index (χ1) is 8.66. The van der Waals surface area contributed by atoms with Crippen molar-refractivity contribution in [2.24, 2.45) is 5.92 Å². The van der Waals surface area contributed by atoms with Gasteiger partial charge >= 0.3 is 0 Å². The van der Waals surface area contributed by atoms with Crippen LogP contribution >= 0.6 is 11.6 Å². The fraction of sp³-hybridized carbons (Fsp3) is 0.500. The number of nitrogens with zero attached hydrogens (tertiary/aromatic N) is 1. The lowest BCUT2D eigenvalue weighted by Gasteiger charge is -2.22. The molecule has 1 fully saturated rings. The Labute approximate surface area is 110 Å². The summed E-state index contributed by atoms with van der Waals surface area (Å²) in [5.41, 5.74) is 0.672. The summed E-state index contributed by atoms with van der Waals surface area (Å²) in [6.45, 7) is 2.41. The Kier molecular flexibility index (Phi) is 4.38. The van der Waals surface area contributed by atoms with Crippen LogP contribution in [-0.4, -0.2) is 24.7 Å². The summed E-state index contributed by atoms with van der Waals surface area (Å²) in [7, 11) is 0. The van der Waals surface area contributed by atoms with Crippen molar-refractivity contribution >= 4 is 23.0 Å². The number of nitro groups is 1. The minimum atomic E-state index is -0.470. The number of nitro benzene ring substituents is 1. The van der Waals surface area contributed by atoms with Crippen LogP contribution < -0.4 is 5.32 Å². The van der Waals surface area contributed by atoms with Gasteiger partial charge in [0.1, 0.15) is 5.02 Å². The highest BCUT2D eigenvalue weighted by atomic mass is 35.5. The Morgan fingerprint density at radius 3 is 2.83 bits per heavy atom. The van der Waals surface area contributed by atoms with Gasteiger partial charge in [-0.1, -0.05) is 11.6 Å². The van der Waals surface area contributed by atoms with E-state index in [2.05, 4.69) is 5.32 Å². The van der Waals surface area contributed by atoms with E-state index in [0.717, 1.165) is 38.3 Å². The highest BCUT2D eigenvalue weighted by Crippen LogP contribution is 2.27. The van der Waals surface area contributed by atoms with E-state index < -0.39 is 4.92 Å². The molecular formula is C12H15ClN2O3. The van der Waals surface area contributed by atoms with Gasteiger partial charge < -0.3 is 10.1 Å². The average molecular weight is 271 g/mol. The van der Waals surface area contributed by atoms with E-state index in [1.54, 1.807) is 12.1 Å². The molecule has 0 amide bonds. The van der Waals surface area contributed by atoms with Crippen LogP contribution in [0.15, 0.2) is 18.2 Å². The number of halogens is 1.